The quantitative estimate of drug-likeness (QED) is 0.390. The molecule has 9 nitrogen and oxygen atoms in total. The summed E-state index contributed by atoms with van der Waals surface area (Å²) < 4.78 is 21.9. The maximum absolute atomic E-state index is 13.5. The lowest BCUT2D eigenvalue weighted by Crippen LogP contribution is -2.27. The lowest BCUT2D eigenvalue weighted by atomic mass is 9.90. The van der Waals surface area contributed by atoms with Gasteiger partial charge in [-0.1, -0.05) is 17.5 Å². The second-order valence-corrected chi connectivity index (χ2v) is 11.7. The van der Waals surface area contributed by atoms with Gasteiger partial charge in [0.25, 0.3) is 5.91 Å². The number of imidazole rings is 1. The molecule has 1 amide bonds. The van der Waals surface area contributed by atoms with Crippen molar-refractivity contribution in [1.29, 1.82) is 0 Å². The minimum atomic E-state index is -1.30. The van der Waals surface area contributed by atoms with Gasteiger partial charge in [-0.05, 0) is 74.6 Å². The van der Waals surface area contributed by atoms with Crippen LogP contribution >= 0.6 is 11.6 Å². The molecule has 0 saturated heterocycles. The molecule has 0 radical (unpaired) electrons. The Hall–Kier alpha value is -3.23. The van der Waals surface area contributed by atoms with Crippen molar-refractivity contribution in [3.63, 3.8) is 0 Å². The van der Waals surface area contributed by atoms with Gasteiger partial charge < -0.3 is 24.8 Å². The summed E-state index contributed by atoms with van der Waals surface area (Å²) in [6, 6.07) is 5.85. The normalized spacial score (nSPS) is 25.2. The number of aryl methyl sites for hydroxylation is 2. The van der Waals surface area contributed by atoms with E-state index in [0.717, 1.165) is 18.5 Å². The molecule has 0 spiro atoms. The smallest absolute Gasteiger partial charge is 0.274 e. The Kier molecular flexibility index (Phi) is 7.52. The predicted octanol–water partition coefficient (Wildman–Crippen LogP) is 3.74. The molecule has 0 aliphatic heterocycles. The number of carbonyl (C=O) groups is 1. The van der Waals surface area contributed by atoms with E-state index in [4.69, 9.17) is 16.3 Å². The SMILES string of the molecule is COCC(C)(O)C#Cc1cc(C2(O)CC3CC(c4ncn(C)c4C(=O)Nc4ccc(F)c(Cl)c4)CC3C2)n(C)n1. The fourth-order valence-electron chi connectivity index (χ4n) is 6.36. The lowest BCUT2D eigenvalue weighted by Gasteiger charge is -2.25. The highest BCUT2D eigenvalue weighted by atomic mass is 35.5. The first-order valence-corrected chi connectivity index (χ1v) is 13.6. The van der Waals surface area contributed by atoms with E-state index < -0.39 is 17.0 Å². The molecular weight excluding hydrogens is 537 g/mol. The summed E-state index contributed by atoms with van der Waals surface area (Å²) in [7, 11) is 5.06. The number of methoxy groups -OCH3 is 1. The van der Waals surface area contributed by atoms with E-state index >= 15 is 0 Å². The summed E-state index contributed by atoms with van der Waals surface area (Å²) in [5.41, 5.74) is 0.430. The minimum Gasteiger partial charge on any atom is -0.384 e. The van der Waals surface area contributed by atoms with Crippen LogP contribution in [0.15, 0.2) is 30.6 Å². The third kappa shape index (κ3) is 5.52. The van der Waals surface area contributed by atoms with Crippen LogP contribution in [0.3, 0.4) is 0 Å². The molecule has 3 atom stereocenters. The van der Waals surface area contributed by atoms with Gasteiger partial charge in [-0.2, -0.15) is 5.10 Å². The lowest BCUT2D eigenvalue weighted by molar-refractivity contribution is 0.0263. The number of aliphatic hydroxyl groups is 2. The molecule has 0 bridgehead atoms. The van der Waals surface area contributed by atoms with E-state index in [0.29, 0.717) is 35.6 Å². The third-order valence-corrected chi connectivity index (χ3v) is 8.32. The standard InChI is InChI=1S/C29H33ClFN5O4/c1-28(38,15-40-4)8-7-21-12-24(36(3)34-21)29(39)13-18-9-17(10-19(18)14-29)25-26(35(2)16-32-25)27(37)33-20-5-6-23(31)22(30)11-20/h5-6,11-12,16-19,38-39H,9-10,13-15H2,1-4H3,(H,33,37). The Morgan fingerprint density at radius 1 is 1.30 bits per heavy atom. The highest BCUT2D eigenvalue weighted by Crippen LogP contribution is 2.56. The van der Waals surface area contributed by atoms with E-state index in [1.807, 2.05) is 0 Å². The maximum Gasteiger partial charge on any atom is 0.274 e. The first-order chi connectivity index (χ1) is 18.9. The monoisotopic (exact) mass is 569 g/mol. The molecule has 1 aromatic carbocycles. The molecule has 212 valence electrons. The predicted molar refractivity (Wildman–Crippen MR) is 147 cm³/mol. The van der Waals surface area contributed by atoms with Crippen LogP contribution in [0.5, 0.6) is 0 Å². The van der Waals surface area contributed by atoms with Gasteiger partial charge in [0, 0.05) is 32.8 Å². The second-order valence-electron chi connectivity index (χ2n) is 11.3. The zero-order chi connectivity index (χ0) is 28.8. The molecule has 2 fully saturated rings. The molecule has 5 rings (SSSR count). The number of halogens is 2. The Morgan fingerprint density at radius 2 is 2.00 bits per heavy atom. The molecule has 2 saturated carbocycles. The van der Waals surface area contributed by atoms with Gasteiger partial charge in [-0.15, -0.1) is 0 Å². The molecular formula is C29H33ClFN5O4. The zero-order valence-corrected chi connectivity index (χ0v) is 23.7. The first-order valence-electron chi connectivity index (χ1n) is 13.2. The molecule has 3 unspecified atom stereocenters. The molecule has 3 N–H and O–H groups in total. The number of aromatic nitrogens is 4. The number of nitrogens with one attached hydrogen (secondary N) is 1. The summed E-state index contributed by atoms with van der Waals surface area (Å²) in [6.07, 6.45) is 4.39. The van der Waals surface area contributed by atoms with Crippen LogP contribution in [0.2, 0.25) is 5.02 Å². The van der Waals surface area contributed by atoms with Crippen molar-refractivity contribution in [3.05, 3.63) is 64.2 Å². The van der Waals surface area contributed by atoms with Gasteiger partial charge in [-0.25, -0.2) is 9.37 Å². The number of hydrogen-bond donors (Lipinski definition) is 3. The molecule has 2 heterocycles. The highest BCUT2D eigenvalue weighted by molar-refractivity contribution is 6.31. The van der Waals surface area contributed by atoms with Gasteiger partial charge in [0.2, 0.25) is 0 Å². The molecule has 11 heteroatoms. The number of hydrogen-bond acceptors (Lipinski definition) is 6. The highest BCUT2D eigenvalue weighted by Gasteiger charge is 2.51. The van der Waals surface area contributed by atoms with Crippen LogP contribution in [0.4, 0.5) is 10.1 Å². The maximum atomic E-state index is 13.5. The fourth-order valence-corrected chi connectivity index (χ4v) is 6.54. The molecule has 2 aliphatic rings. The Balaban J connectivity index is 1.29. The van der Waals surface area contributed by atoms with Crippen LogP contribution in [0.1, 0.15) is 66.1 Å². The molecule has 3 aromatic rings. The van der Waals surface area contributed by atoms with Crippen molar-refractivity contribution in [2.45, 2.75) is 49.7 Å². The van der Waals surface area contributed by atoms with Crippen LogP contribution < -0.4 is 5.32 Å². The van der Waals surface area contributed by atoms with E-state index in [2.05, 4.69) is 27.2 Å². The second kappa shape index (κ2) is 10.6. The average Bonchev–Trinajstić information content (AvgIpc) is 3.62. The Labute approximate surface area is 237 Å². The van der Waals surface area contributed by atoms with E-state index in [1.54, 1.807) is 42.7 Å². The minimum absolute atomic E-state index is 0.0651. The number of benzene rings is 1. The van der Waals surface area contributed by atoms with E-state index in [9.17, 15) is 19.4 Å². The molecule has 2 aliphatic carbocycles. The number of amides is 1. The number of anilines is 1. The molecule has 40 heavy (non-hydrogen) atoms. The summed E-state index contributed by atoms with van der Waals surface area (Å²) in [4.78, 5) is 17.8. The largest absolute Gasteiger partial charge is 0.384 e. The summed E-state index contributed by atoms with van der Waals surface area (Å²) in [6.45, 7) is 1.65. The molecule has 2 aromatic heterocycles. The summed E-state index contributed by atoms with van der Waals surface area (Å²) in [5.74, 6) is 5.39. The van der Waals surface area contributed by atoms with Gasteiger partial charge >= 0.3 is 0 Å². The Bertz CT molecular complexity index is 1490. The number of ether oxygens (including phenoxy) is 1. The van der Waals surface area contributed by atoms with Gasteiger partial charge in [0.1, 0.15) is 28.4 Å². The number of rotatable bonds is 6. The van der Waals surface area contributed by atoms with E-state index in [1.165, 1.54) is 25.3 Å². The van der Waals surface area contributed by atoms with Gasteiger partial charge in [0.15, 0.2) is 0 Å². The third-order valence-electron chi connectivity index (χ3n) is 8.03. The van der Waals surface area contributed by atoms with Crippen molar-refractivity contribution in [3.8, 4) is 11.8 Å². The van der Waals surface area contributed by atoms with Crippen molar-refractivity contribution < 1.29 is 24.1 Å². The summed E-state index contributed by atoms with van der Waals surface area (Å²) >= 11 is 5.88. The topological polar surface area (TPSA) is 114 Å². The van der Waals surface area contributed by atoms with Gasteiger partial charge in [-0.3, -0.25) is 9.48 Å². The van der Waals surface area contributed by atoms with Crippen molar-refractivity contribution in [1.82, 2.24) is 19.3 Å². The average molecular weight is 570 g/mol. The van der Waals surface area contributed by atoms with Crippen molar-refractivity contribution in [2.75, 3.05) is 19.0 Å². The van der Waals surface area contributed by atoms with Crippen molar-refractivity contribution in [2.24, 2.45) is 25.9 Å². The van der Waals surface area contributed by atoms with Crippen LogP contribution in [0.25, 0.3) is 0 Å². The van der Waals surface area contributed by atoms with Gasteiger partial charge in [0.05, 0.1) is 29.3 Å². The number of nitrogens with zero attached hydrogens (tertiary/aromatic N) is 4. The van der Waals surface area contributed by atoms with Crippen LogP contribution in [-0.2, 0) is 24.4 Å². The number of carbonyl (C=O) groups excluding carboxylic acids is 1. The number of fused-ring (bicyclic) bond motifs is 1. The van der Waals surface area contributed by atoms with Crippen molar-refractivity contribution >= 4 is 23.2 Å². The van der Waals surface area contributed by atoms with E-state index in [-0.39, 0.29) is 35.3 Å². The zero-order valence-electron chi connectivity index (χ0n) is 22.9. The summed E-state index contributed by atoms with van der Waals surface area (Å²) in [5, 5.41) is 29.1. The first kappa shape index (κ1) is 28.3. The van der Waals surface area contributed by atoms with Crippen LogP contribution in [0, 0.1) is 29.5 Å². The fraction of sp³-hybridized carbons (Fsp3) is 0.483. The Morgan fingerprint density at radius 3 is 2.65 bits per heavy atom. The van der Waals surface area contributed by atoms with Crippen LogP contribution in [-0.4, -0.2) is 54.8 Å².